The second kappa shape index (κ2) is 14.1. The number of aryl methyl sites for hydroxylation is 3. The minimum atomic E-state index is -3.79. The van der Waals surface area contributed by atoms with E-state index in [1.807, 2.05) is 88.4 Å². The Morgan fingerprint density at radius 2 is 1.57 bits per heavy atom. The van der Waals surface area contributed by atoms with Crippen molar-refractivity contribution in [3.05, 3.63) is 101 Å². The molecular weight excluding hydrogens is 522 g/mol. The van der Waals surface area contributed by atoms with Crippen LogP contribution in [0.25, 0.3) is 0 Å². The van der Waals surface area contributed by atoms with E-state index in [-0.39, 0.29) is 12.5 Å². The maximum absolute atomic E-state index is 14.1. The summed E-state index contributed by atoms with van der Waals surface area (Å²) in [6.07, 6.45) is 3.15. The molecule has 7 nitrogen and oxygen atoms in total. The van der Waals surface area contributed by atoms with E-state index < -0.39 is 28.5 Å². The predicted molar refractivity (Wildman–Crippen MR) is 162 cm³/mol. The molecule has 2 amide bonds. The van der Waals surface area contributed by atoms with Gasteiger partial charge in [-0.2, -0.15) is 0 Å². The Balaban J connectivity index is 2.04. The Morgan fingerprint density at radius 1 is 0.875 bits per heavy atom. The molecule has 0 aliphatic rings. The number of rotatable bonds is 13. The summed E-state index contributed by atoms with van der Waals surface area (Å²) in [6, 6.07) is 21.9. The van der Waals surface area contributed by atoms with Crippen LogP contribution in [0.1, 0.15) is 47.6 Å². The third kappa shape index (κ3) is 8.68. The number of carbonyl (C=O) groups excluding carboxylic acids is 2. The van der Waals surface area contributed by atoms with Crippen LogP contribution in [0.4, 0.5) is 5.69 Å². The monoisotopic (exact) mass is 563 g/mol. The zero-order valence-corrected chi connectivity index (χ0v) is 25.0. The number of unbranched alkanes of at least 4 members (excludes halogenated alkanes) is 1. The summed E-state index contributed by atoms with van der Waals surface area (Å²) >= 11 is 0. The van der Waals surface area contributed by atoms with Gasteiger partial charge in [0.25, 0.3) is 0 Å². The van der Waals surface area contributed by atoms with Gasteiger partial charge in [0, 0.05) is 19.5 Å². The lowest BCUT2D eigenvalue weighted by Gasteiger charge is -2.33. The molecule has 0 fully saturated rings. The minimum Gasteiger partial charge on any atom is -0.354 e. The normalized spacial score (nSPS) is 12.0. The lowest BCUT2D eigenvalue weighted by Crippen LogP contribution is -2.53. The average Bonchev–Trinajstić information content (AvgIpc) is 2.91. The van der Waals surface area contributed by atoms with Gasteiger partial charge in [0.05, 0.1) is 11.9 Å². The topological polar surface area (TPSA) is 86.8 Å². The first kappa shape index (κ1) is 30.9. The van der Waals surface area contributed by atoms with Crippen LogP contribution in [-0.2, 0) is 32.6 Å². The van der Waals surface area contributed by atoms with Crippen LogP contribution in [0.2, 0.25) is 0 Å². The zero-order chi connectivity index (χ0) is 29.3. The summed E-state index contributed by atoms with van der Waals surface area (Å²) < 4.78 is 27.0. The highest BCUT2D eigenvalue weighted by atomic mass is 32.2. The molecule has 8 heteroatoms. The maximum Gasteiger partial charge on any atom is 0.244 e. The van der Waals surface area contributed by atoms with Crippen LogP contribution < -0.4 is 9.62 Å². The van der Waals surface area contributed by atoms with Gasteiger partial charge in [-0.3, -0.25) is 13.9 Å². The Kier molecular flexibility index (Phi) is 10.9. The van der Waals surface area contributed by atoms with E-state index in [1.165, 1.54) is 4.90 Å². The third-order valence-corrected chi connectivity index (χ3v) is 8.13. The van der Waals surface area contributed by atoms with Crippen molar-refractivity contribution in [3.8, 4) is 0 Å². The smallest absolute Gasteiger partial charge is 0.244 e. The second-order valence-electron chi connectivity index (χ2n) is 10.4. The number of amides is 2. The molecule has 0 radical (unpaired) electrons. The van der Waals surface area contributed by atoms with E-state index in [2.05, 4.69) is 5.32 Å². The van der Waals surface area contributed by atoms with Gasteiger partial charge in [-0.25, -0.2) is 8.42 Å². The fraction of sp³-hybridized carbons (Fsp3) is 0.375. The van der Waals surface area contributed by atoms with Crippen molar-refractivity contribution in [2.45, 2.75) is 59.5 Å². The molecule has 3 aromatic carbocycles. The van der Waals surface area contributed by atoms with E-state index in [1.54, 1.807) is 12.1 Å². The third-order valence-electron chi connectivity index (χ3n) is 6.99. The number of sulfonamides is 1. The maximum atomic E-state index is 14.1. The Morgan fingerprint density at radius 3 is 2.20 bits per heavy atom. The van der Waals surface area contributed by atoms with Crippen molar-refractivity contribution >= 4 is 27.5 Å². The fourth-order valence-corrected chi connectivity index (χ4v) is 5.40. The highest BCUT2D eigenvalue weighted by molar-refractivity contribution is 7.92. The van der Waals surface area contributed by atoms with E-state index in [4.69, 9.17) is 0 Å². The highest BCUT2D eigenvalue weighted by Gasteiger charge is 2.33. The number of hydrogen-bond donors (Lipinski definition) is 1. The van der Waals surface area contributed by atoms with Gasteiger partial charge in [0.1, 0.15) is 12.6 Å². The van der Waals surface area contributed by atoms with Crippen LogP contribution in [0.5, 0.6) is 0 Å². The molecule has 40 heavy (non-hydrogen) atoms. The van der Waals surface area contributed by atoms with Gasteiger partial charge < -0.3 is 10.2 Å². The van der Waals surface area contributed by atoms with Crippen molar-refractivity contribution in [3.63, 3.8) is 0 Å². The molecule has 0 aliphatic heterocycles. The molecule has 0 heterocycles. The van der Waals surface area contributed by atoms with Gasteiger partial charge in [0.15, 0.2) is 0 Å². The molecule has 3 rings (SSSR count). The molecule has 0 saturated carbocycles. The van der Waals surface area contributed by atoms with Crippen molar-refractivity contribution in [1.29, 1.82) is 0 Å². The van der Waals surface area contributed by atoms with Gasteiger partial charge >= 0.3 is 0 Å². The second-order valence-corrected chi connectivity index (χ2v) is 12.3. The predicted octanol–water partition coefficient (Wildman–Crippen LogP) is 4.93. The van der Waals surface area contributed by atoms with Crippen LogP contribution in [0, 0.1) is 20.8 Å². The molecule has 0 unspecified atom stereocenters. The van der Waals surface area contributed by atoms with Crippen LogP contribution in [0.15, 0.2) is 72.8 Å². The fourth-order valence-electron chi connectivity index (χ4n) is 4.56. The average molecular weight is 564 g/mol. The number of nitrogens with zero attached hydrogens (tertiary/aromatic N) is 2. The molecule has 3 aromatic rings. The number of benzene rings is 3. The van der Waals surface area contributed by atoms with Gasteiger partial charge in [-0.1, -0.05) is 79.6 Å². The zero-order valence-electron chi connectivity index (χ0n) is 24.2. The van der Waals surface area contributed by atoms with E-state index in [0.29, 0.717) is 18.7 Å². The van der Waals surface area contributed by atoms with E-state index >= 15 is 0 Å². The molecule has 0 bridgehead atoms. The summed E-state index contributed by atoms with van der Waals surface area (Å²) in [4.78, 5) is 29.3. The molecule has 0 spiro atoms. The van der Waals surface area contributed by atoms with Gasteiger partial charge in [-0.05, 0) is 61.6 Å². The van der Waals surface area contributed by atoms with Crippen LogP contribution in [-0.4, -0.2) is 50.5 Å². The molecular formula is C32H41N3O4S. The standard InChI is InChI=1S/C32H41N3O4S/c1-6-7-18-33-32(37)30(21-27-13-9-8-10-14-27)34(22-28-15-11-12-24(2)19-28)31(36)23-35(40(5,38)39)29-17-16-25(3)26(4)20-29/h8-17,19-20,30H,6-7,18,21-23H2,1-5H3,(H,33,37)/t30-/m0/s1. The summed E-state index contributed by atoms with van der Waals surface area (Å²) in [7, 11) is -3.79. The molecule has 0 aromatic heterocycles. The van der Waals surface area contributed by atoms with E-state index in [0.717, 1.165) is 51.2 Å². The lowest BCUT2D eigenvalue weighted by atomic mass is 10.0. The van der Waals surface area contributed by atoms with Crippen molar-refractivity contribution in [2.75, 3.05) is 23.7 Å². The number of anilines is 1. The molecule has 0 aliphatic carbocycles. The molecule has 0 saturated heterocycles. The van der Waals surface area contributed by atoms with Gasteiger partial charge in [-0.15, -0.1) is 0 Å². The lowest BCUT2D eigenvalue weighted by molar-refractivity contribution is -0.140. The highest BCUT2D eigenvalue weighted by Crippen LogP contribution is 2.23. The SMILES string of the molecule is CCCCNC(=O)[C@H](Cc1ccccc1)N(Cc1cccc(C)c1)C(=O)CN(c1ccc(C)c(C)c1)S(C)(=O)=O. The Bertz CT molecular complexity index is 1410. The molecule has 1 N–H and O–H groups in total. The van der Waals surface area contributed by atoms with Crippen LogP contribution >= 0.6 is 0 Å². The van der Waals surface area contributed by atoms with Gasteiger partial charge in [0.2, 0.25) is 21.8 Å². The largest absolute Gasteiger partial charge is 0.354 e. The first-order valence-corrected chi connectivity index (χ1v) is 15.6. The van der Waals surface area contributed by atoms with E-state index in [9.17, 15) is 18.0 Å². The minimum absolute atomic E-state index is 0.170. The number of nitrogens with one attached hydrogen (secondary N) is 1. The number of carbonyl (C=O) groups is 2. The van der Waals surface area contributed by atoms with Crippen LogP contribution in [0.3, 0.4) is 0 Å². The summed E-state index contributed by atoms with van der Waals surface area (Å²) in [6.45, 7) is 8.13. The molecule has 1 atom stereocenters. The summed E-state index contributed by atoms with van der Waals surface area (Å²) in [5.74, 6) is -0.702. The Hall–Kier alpha value is -3.65. The Labute approximate surface area is 239 Å². The number of hydrogen-bond acceptors (Lipinski definition) is 4. The first-order valence-electron chi connectivity index (χ1n) is 13.7. The van der Waals surface area contributed by atoms with Crippen molar-refractivity contribution < 1.29 is 18.0 Å². The summed E-state index contributed by atoms with van der Waals surface area (Å²) in [5.41, 5.74) is 5.18. The quantitative estimate of drug-likeness (QED) is 0.299. The molecule has 214 valence electrons. The summed E-state index contributed by atoms with van der Waals surface area (Å²) in [5, 5.41) is 3.00. The van der Waals surface area contributed by atoms with Crippen molar-refractivity contribution in [2.24, 2.45) is 0 Å². The van der Waals surface area contributed by atoms with Crippen molar-refractivity contribution in [1.82, 2.24) is 10.2 Å². The first-order chi connectivity index (χ1) is 19.0.